The third-order valence-corrected chi connectivity index (χ3v) is 5.05. The van der Waals surface area contributed by atoms with Gasteiger partial charge < -0.3 is 10.1 Å². The number of aryl methyl sites for hydroxylation is 1. The molecular weight excluding hydrogens is 322 g/mol. The van der Waals surface area contributed by atoms with Crippen LogP contribution < -0.4 is 10.1 Å². The maximum Gasteiger partial charge on any atom is 0.120 e. The van der Waals surface area contributed by atoms with Crippen LogP contribution in [0.25, 0.3) is 11.1 Å². The van der Waals surface area contributed by atoms with Crippen LogP contribution in [-0.2, 0) is 6.61 Å². The van der Waals surface area contributed by atoms with Crippen molar-refractivity contribution in [2.75, 3.05) is 13.1 Å². The Balaban J connectivity index is 1.52. The highest BCUT2D eigenvalue weighted by Crippen LogP contribution is 2.29. The normalized spacial score (nSPS) is 15.1. The van der Waals surface area contributed by atoms with Crippen LogP contribution in [0.5, 0.6) is 5.75 Å². The van der Waals surface area contributed by atoms with Gasteiger partial charge in [-0.25, -0.2) is 0 Å². The Kier molecular flexibility index (Phi) is 5.02. The maximum absolute atomic E-state index is 6.00. The maximum atomic E-state index is 6.00. The summed E-state index contributed by atoms with van der Waals surface area (Å²) in [5.41, 5.74) is 4.76. The Hall–Kier alpha value is -2.59. The molecule has 0 amide bonds. The summed E-state index contributed by atoms with van der Waals surface area (Å²) in [7, 11) is 0. The van der Waals surface area contributed by atoms with Crippen molar-refractivity contribution in [3.63, 3.8) is 0 Å². The number of nitrogens with one attached hydrogen (secondary N) is 1. The molecule has 4 heteroatoms. The molecule has 4 nitrogen and oxygen atoms in total. The number of rotatable bonds is 5. The van der Waals surface area contributed by atoms with E-state index in [0.717, 1.165) is 37.2 Å². The second-order valence-electron chi connectivity index (χ2n) is 6.94. The van der Waals surface area contributed by atoms with Gasteiger partial charge in [0.2, 0.25) is 0 Å². The first-order valence-electron chi connectivity index (χ1n) is 9.32. The first-order valence-corrected chi connectivity index (χ1v) is 9.32. The molecule has 4 rings (SSSR count). The predicted molar refractivity (Wildman–Crippen MR) is 104 cm³/mol. The van der Waals surface area contributed by atoms with Crippen molar-refractivity contribution in [3.8, 4) is 16.9 Å². The second-order valence-corrected chi connectivity index (χ2v) is 6.94. The molecule has 0 aliphatic carbocycles. The fourth-order valence-electron chi connectivity index (χ4n) is 3.49. The molecule has 0 atom stereocenters. The van der Waals surface area contributed by atoms with Crippen molar-refractivity contribution in [3.05, 3.63) is 72.1 Å². The predicted octanol–water partition coefficient (Wildman–Crippen LogP) is 4.36. The molecular formula is C22H25N3O. The summed E-state index contributed by atoms with van der Waals surface area (Å²) < 4.78 is 8.13. The van der Waals surface area contributed by atoms with Crippen LogP contribution in [0.3, 0.4) is 0 Å². The SMILES string of the molecule is Cc1ccc(OCc2ccccc2)cc1-c1cnn(C2CCNCC2)c1. The van der Waals surface area contributed by atoms with Crippen LogP contribution in [0.2, 0.25) is 0 Å². The van der Waals surface area contributed by atoms with Crippen molar-refractivity contribution in [1.82, 2.24) is 15.1 Å². The molecule has 2 heterocycles. The average Bonchev–Trinajstić information content (AvgIpc) is 3.19. The fraction of sp³-hybridized carbons (Fsp3) is 0.318. The zero-order valence-corrected chi connectivity index (χ0v) is 15.2. The third kappa shape index (κ3) is 3.81. The minimum Gasteiger partial charge on any atom is -0.489 e. The number of aromatic nitrogens is 2. The van der Waals surface area contributed by atoms with Gasteiger partial charge in [-0.1, -0.05) is 36.4 Å². The van der Waals surface area contributed by atoms with E-state index < -0.39 is 0 Å². The quantitative estimate of drug-likeness (QED) is 0.745. The number of benzene rings is 2. The van der Waals surface area contributed by atoms with Crippen LogP contribution in [-0.4, -0.2) is 22.9 Å². The molecule has 1 N–H and O–H groups in total. The second kappa shape index (κ2) is 7.75. The van der Waals surface area contributed by atoms with Gasteiger partial charge in [0, 0.05) is 11.8 Å². The minimum absolute atomic E-state index is 0.503. The summed E-state index contributed by atoms with van der Waals surface area (Å²) in [5, 5.41) is 8.04. The standard InChI is InChI=1S/C22H25N3O/c1-17-7-8-21(26-16-18-5-3-2-4-6-18)13-22(17)19-14-24-25(15-19)20-9-11-23-12-10-20/h2-8,13-15,20,23H,9-12,16H2,1H3. The Morgan fingerprint density at radius 2 is 1.92 bits per heavy atom. The van der Waals surface area contributed by atoms with Gasteiger partial charge in [0.05, 0.1) is 12.2 Å². The molecule has 1 saturated heterocycles. The Labute approximate surface area is 154 Å². The lowest BCUT2D eigenvalue weighted by atomic mass is 10.0. The zero-order chi connectivity index (χ0) is 17.8. The molecule has 1 aliphatic heterocycles. The van der Waals surface area contributed by atoms with E-state index in [1.165, 1.54) is 16.7 Å². The first kappa shape index (κ1) is 16.9. The van der Waals surface area contributed by atoms with Crippen LogP contribution in [0.15, 0.2) is 60.9 Å². The van der Waals surface area contributed by atoms with E-state index in [4.69, 9.17) is 4.74 Å². The van der Waals surface area contributed by atoms with Gasteiger partial charge in [0.25, 0.3) is 0 Å². The molecule has 0 bridgehead atoms. The Morgan fingerprint density at radius 3 is 2.73 bits per heavy atom. The summed E-state index contributed by atoms with van der Waals surface area (Å²) in [6.07, 6.45) is 6.44. The van der Waals surface area contributed by atoms with Crippen LogP contribution >= 0.6 is 0 Å². The average molecular weight is 347 g/mol. The molecule has 0 radical (unpaired) electrons. The largest absolute Gasteiger partial charge is 0.489 e. The van der Waals surface area contributed by atoms with E-state index in [0.29, 0.717) is 12.6 Å². The lowest BCUT2D eigenvalue weighted by Gasteiger charge is -2.22. The number of ether oxygens (including phenoxy) is 1. The Bertz CT molecular complexity index is 851. The van der Waals surface area contributed by atoms with E-state index in [2.05, 4.69) is 52.5 Å². The van der Waals surface area contributed by atoms with E-state index in [1.54, 1.807) is 0 Å². The molecule has 0 spiro atoms. The number of nitrogens with zero attached hydrogens (tertiary/aromatic N) is 2. The summed E-state index contributed by atoms with van der Waals surface area (Å²) in [6, 6.07) is 17.0. The third-order valence-electron chi connectivity index (χ3n) is 5.05. The Morgan fingerprint density at radius 1 is 1.12 bits per heavy atom. The molecule has 26 heavy (non-hydrogen) atoms. The van der Waals surface area contributed by atoms with Crippen LogP contribution in [0, 0.1) is 6.92 Å². The molecule has 134 valence electrons. The minimum atomic E-state index is 0.503. The molecule has 1 aromatic heterocycles. The number of piperidine rings is 1. The van der Waals surface area contributed by atoms with Gasteiger partial charge in [-0.3, -0.25) is 4.68 Å². The number of hydrogen-bond acceptors (Lipinski definition) is 3. The van der Waals surface area contributed by atoms with E-state index in [-0.39, 0.29) is 0 Å². The molecule has 0 saturated carbocycles. The smallest absolute Gasteiger partial charge is 0.120 e. The molecule has 3 aromatic rings. The van der Waals surface area contributed by atoms with Crippen LogP contribution in [0.4, 0.5) is 0 Å². The highest BCUT2D eigenvalue weighted by Gasteiger charge is 2.16. The lowest BCUT2D eigenvalue weighted by molar-refractivity contribution is 0.306. The van der Waals surface area contributed by atoms with Crippen molar-refractivity contribution in [2.24, 2.45) is 0 Å². The summed E-state index contributed by atoms with van der Waals surface area (Å²) >= 11 is 0. The lowest BCUT2D eigenvalue weighted by Crippen LogP contribution is -2.29. The van der Waals surface area contributed by atoms with Gasteiger partial charge >= 0.3 is 0 Å². The van der Waals surface area contributed by atoms with E-state index in [9.17, 15) is 0 Å². The van der Waals surface area contributed by atoms with Gasteiger partial charge in [0.1, 0.15) is 12.4 Å². The van der Waals surface area contributed by atoms with Gasteiger partial charge in [-0.05, 0) is 61.7 Å². The summed E-state index contributed by atoms with van der Waals surface area (Å²) in [5.74, 6) is 0.893. The fourth-order valence-corrected chi connectivity index (χ4v) is 3.49. The summed E-state index contributed by atoms with van der Waals surface area (Å²) in [4.78, 5) is 0. The molecule has 0 unspecified atom stereocenters. The highest BCUT2D eigenvalue weighted by molar-refractivity contribution is 5.67. The zero-order valence-electron chi connectivity index (χ0n) is 15.2. The molecule has 1 fully saturated rings. The van der Waals surface area contributed by atoms with Crippen molar-refractivity contribution >= 4 is 0 Å². The number of hydrogen-bond donors (Lipinski definition) is 1. The molecule has 1 aliphatic rings. The van der Waals surface area contributed by atoms with Gasteiger partial charge in [0.15, 0.2) is 0 Å². The first-order chi connectivity index (χ1) is 12.8. The van der Waals surface area contributed by atoms with Gasteiger partial charge in [-0.15, -0.1) is 0 Å². The molecule has 2 aromatic carbocycles. The topological polar surface area (TPSA) is 39.1 Å². The van der Waals surface area contributed by atoms with E-state index in [1.807, 2.05) is 30.5 Å². The van der Waals surface area contributed by atoms with E-state index >= 15 is 0 Å². The highest BCUT2D eigenvalue weighted by atomic mass is 16.5. The van der Waals surface area contributed by atoms with Gasteiger partial charge in [-0.2, -0.15) is 5.10 Å². The monoisotopic (exact) mass is 347 g/mol. The van der Waals surface area contributed by atoms with Crippen molar-refractivity contribution in [2.45, 2.75) is 32.4 Å². The summed E-state index contributed by atoms with van der Waals surface area (Å²) in [6.45, 7) is 4.86. The van der Waals surface area contributed by atoms with Crippen molar-refractivity contribution < 1.29 is 4.74 Å². The van der Waals surface area contributed by atoms with Crippen LogP contribution in [0.1, 0.15) is 30.0 Å². The van der Waals surface area contributed by atoms with Crippen molar-refractivity contribution in [1.29, 1.82) is 0 Å².